The molecule has 1 aliphatic rings. The van der Waals surface area contributed by atoms with Crippen LogP contribution in [0.1, 0.15) is 32.1 Å². The summed E-state index contributed by atoms with van der Waals surface area (Å²) in [6.07, 6.45) is 4.35. The molecule has 72 valence electrons. The lowest BCUT2D eigenvalue weighted by Gasteiger charge is -2.35. The van der Waals surface area contributed by atoms with Crippen molar-refractivity contribution in [2.45, 2.75) is 44.3 Å². The minimum absolute atomic E-state index is 0.206. The molecule has 1 fully saturated rings. The first-order valence-electron chi connectivity index (χ1n) is 4.35. The molecule has 1 rings (SSSR count). The number of alkyl halides is 2. The van der Waals surface area contributed by atoms with Gasteiger partial charge >= 0.3 is 6.61 Å². The third-order valence-corrected chi connectivity index (χ3v) is 2.48. The highest BCUT2D eigenvalue weighted by Gasteiger charge is 2.34. The van der Waals surface area contributed by atoms with Crippen molar-refractivity contribution >= 4 is 0 Å². The summed E-state index contributed by atoms with van der Waals surface area (Å²) in [4.78, 5) is 0. The van der Waals surface area contributed by atoms with Crippen molar-refractivity contribution in [2.75, 3.05) is 6.54 Å². The fraction of sp³-hybridized carbons (Fsp3) is 1.00. The molecule has 12 heavy (non-hydrogen) atoms. The predicted octanol–water partition coefficient (Wildman–Crippen LogP) is 1.89. The summed E-state index contributed by atoms with van der Waals surface area (Å²) in [5, 5.41) is 0. The molecule has 0 radical (unpaired) electrons. The van der Waals surface area contributed by atoms with Crippen LogP contribution in [-0.4, -0.2) is 18.8 Å². The highest BCUT2D eigenvalue weighted by molar-refractivity contribution is 4.85. The molecule has 0 spiro atoms. The van der Waals surface area contributed by atoms with E-state index in [-0.39, 0.29) is 6.54 Å². The molecule has 0 heterocycles. The van der Waals surface area contributed by atoms with Gasteiger partial charge in [-0.25, -0.2) is 0 Å². The van der Waals surface area contributed by atoms with E-state index in [4.69, 9.17) is 5.73 Å². The van der Waals surface area contributed by atoms with Crippen molar-refractivity contribution in [1.29, 1.82) is 0 Å². The van der Waals surface area contributed by atoms with Crippen LogP contribution in [0.5, 0.6) is 0 Å². The Hall–Kier alpha value is -0.220. The Morgan fingerprint density at radius 2 is 1.83 bits per heavy atom. The average Bonchev–Trinajstić information content (AvgIpc) is 2.05. The molecule has 0 bridgehead atoms. The van der Waals surface area contributed by atoms with Crippen LogP contribution in [-0.2, 0) is 4.74 Å². The van der Waals surface area contributed by atoms with E-state index < -0.39 is 12.2 Å². The van der Waals surface area contributed by atoms with Crippen molar-refractivity contribution in [3.63, 3.8) is 0 Å². The van der Waals surface area contributed by atoms with Crippen LogP contribution in [0.4, 0.5) is 8.78 Å². The zero-order chi connectivity index (χ0) is 9.03. The molecule has 0 amide bonds. The van der Waals surface area contributed by atoms with E-state index in [0.717, 1.165) is 19.3 Å². The summed E-state index contributed by atoms with van der Waals surface area (Å²) < 4.78 is 28.5. The molecule has 1 saturated carbocycles. The first kappa shape index (κ1) is 9.86. The lowest BCUT2D eigenvalue weighted by atomic mass is 9.85. The van der Waals surface area contributed by atoms with Gasteiger partial charge in [-0.2, -0.15) is 8.78 Å². The lowest BCUT2D eigenvalue weighted by Crippen LogP contribution is -2.43. The van der Waals surface area contributed by atoms with Crippen LogP contribution in [0.2, 0.25) is 0 Å². The average molecular weight is 179 g/mol. The van der Waals surface area contributed by atoms with E-state index in [2.05, 4.69) is 4.74 Å². The van der Waals surface area contributed by atoms with Crippen LogP contribution in [0.25, 0.3) is 0 Å². The lowest BCUT2D eigenvalue weighted by molar-refractivity contribution is -0.214. The maximum Gasteiger partial charge on any atom is 0.345 e. The number of hydrogen-bond acceptors (Lipinski definition) is 2. The van der Waals surface area contributed by atoms with Crippen LogP contribution >= 0.6 is 0 Å². The largest absolute Gasteiger partial charge is 0.345 e. The highest BCUT2D eigenvalue weighted by Crippen LogP contribution is 2.32. The first-order valence-corrected chi connectivity index (χ1v) is 4.35. The maximum absolute atomic E-state index is 12.0. The molecule has 0 aromatic carbocycles. The number of ether oxygens (including phenoxy) is 1. The van der Waals surface area contributed by atoms with Crippen molar-refractivity contribution in [1.82, 2.24) is 0 Å². The van der Waals surface area contributed by atoms with Crippen molar-refractivity contribution in [3.05, 3.63) is 0 Å². The molecular weight excluding hydrogens is 164 g/mol. The molecule has 2 N–H and O–H groups in total. The van der Waals surface area contributed by atoms with E-state index in [0.29, 0.717) is 12.8 Å². The van der Waals surface area contributed by atoms with E-state index in [1.54, 1.807) is 0 Å². The van der Waals surface area contributed by atoms with Gasteiger partial charge in [0.15, 0.2) is 0 Å². The molecule has 1 aliphatic carbocycles. The van der Waals surface area contributed by atoms with Gasteiger partial charge in [-0.15, -0.1) is 0 Å². The molecule has 0 aromatic heterocycles. The molecule has 0 aromatic rings. The molecule has 4 heteroatoms. The van der Waals surface area contributed by atoms with Gasteiger partial charge in [-0.3, -0.25) is 0 Å². The Balaban J connectivity index is 2.48. The van der Waals surface area contributed by atoms with E-state index in [9.17, 15) is 8.78 Å². The number of hydrogen-bond donors (Lipinski definition) is 1. The van der Waals surface area contributed by atoms with Crippen LogP contribution in [0.3, 0.4) is 0 Å². The van der Waals surface area contributed by atoms with Gasteiger partial charge in [0.2, 0.25) is 0 Å². The summed E-state index contributed by atoms with van der Waals surface area (Å²) in [7, 11) is 0. The molecular formula is C8H15F2NO. The quantitative estimate of drug-likeness (QED) is 0.718. The Bertz CT molecular complexity index is 135. The minimum Gasteiger partial charge on any atom is -0.328 e. The smallest absolute Gasteiger partial charge is 0.328 e. The SMILES string of the molecule is NCC1(OC(F)F)CCCCC1. The van der Waals surface area contributed by atoms with Gasteiger partial charge in [-0.1, -0.05) is 19.3 Å². The van der Waals surface area contributed by atoms with E-state index >= 15 is 0 Å². The van der Waals surface area contributed by atoms with Gasteiger partial charge < -0.3 is 10.5 Å². The van der Waals surface area contributed by atoms with Gasteiger partial charge in [0.1, 0.15) is 0 Å². The van der Waals surface area contributed by atoms with Crippen LogP contribution in [0.15, 0.2) is 0 Å². The minimum atomic E-state index is -2.69. The number of nitrogens with two attached hydrogens (primary N) is 1. The second-order valence-corrected chi connectivity index (χ2v) is 3.33. The summed E-state index contributed by atoms with van der Waals surface area (Å²) >= 11 is 0. The summed E-state index contributed by atoms with van der Waals surface area (Å²) in [5.74, 6) is 0. The Kier molecular flexibility index (Phi) is 3.40. The topological polar surface area (TPSA) is 35.2 Å². The fourth-order valence-electron chi connectivity index (χ4n) is 1.76. The van der Waals surface area contributed by atoms with E-state index in [1.165, 1.54) is 0 Å². The van der Waals surface area contributed by atoms with E-state index in [1.807, 2.05) is 0 Å². The second-order valence-electron chi connectivity index (χ2n) is 3.33. The zero-order valence-corrected chi connectivity index (χ0v) is 7.06. The maximum atomic E-state index is 12.0. The molecule has 0 unspecified atom stereocenters. The first-order chi connectivity index (χ1) is 5.68. The third-order valence-electron chi connectivity index (χ3n) is 2.48. The normalized spacial score (nSPS) is 23.0. The second kappa shape index (κ2) is 4.14. The van der Waals surface area contributed by atoms with Gasteiger partial charge in [0.25, 0.3) is 0 Å². The van der Waals surface area contributed by atoms with Crippen molar-refractivity contribution in [3.8, 4) is 0 Å². The molecule has 2 nitrogen and oxygen atoms in total. The molecule has 0 saturated heterocycles. The Labute approximate surface area is 71.1 Å². The Morgan fingerprint density at radius 1 is 1.25 bits per heavy atom. The van der Waals surface area contributed by atoms with Crippen LogP contribution in [0, 0.1) is 0 Å². The highest BCUT2D eigenvalue weighted by atomic mass is 19.3. The number of halogens is 2. The summed E-state index contributed by atoms with van der Waals surface area (Å²) in [6.45, 7) is -2.48. The van der Waals surface area contributed by atoms with Gasteiger partial charge in [0.05, 0.1) is 5.60 Å². The van der Waals surface area contributed by atoms with Crippen molar-refractivity contribution < 1.29 is 13.5 Å². The van der Waals surface area contributed by atoms with Crippen LogP contribution < -0.4 is 5.73 Å². The standard InChI is InChI=1S/C8H15F2NO/c9-7(10)12-8(6-11)4-2-1-3-5-8/h7H,1-6,11H2. The third kappa shape index (κ3) is 2.38. The van der Waals surface area contributed by atoms with Gasteiger partial charge in [0, 0.05) is 6.54 Å². The molecule has 0 atom stereocenters. The molecule has 0 aliphatic heterocycles. The van der Waals surface area contributed by atoms with Crippen molar-refractivity contribution in [2.24, 2.45) is 5.73 Å². The summed E-state index contributed by atoms with van der Waals surface area (Å²) in [6, 6.07) is 0. The Morgan fingerprint density at radius 3 is 2.25 bits per heavy atom. The summed E-state index contributed by atoms with van der Waals surface area (Å²) in [5.41, 5.74) is 4.70. The zero-order valence-electron chi connectivity index (χ0n) is 7.06. The predicted molar refractivity (Wildman–Crippen MR) is 42.0 cm³/mol. The van der Waals surface area contributed by atoms with Gasteiger partial charge in [-0.05, 0) is 12.8 Å². The fourth-order valence-corrected chi connectivity index (χ4v) is 1.76. The number of rotatable bonds is 3. The monoisotopic (exact) mass is 179 g/mol.